The largest absolute Gasteiger partial charge is 0.366 e. The summed E-state index contributed by atoms with van der Waals surface area (Å²) in [7, 11) is -3.17. The van der Waals surface area contributed by atoms with E-state index in [0.29, 0.717) is 11.3 Å². The Balaban J connectivity index is 2.31. The number of sulfone groups is 1. The van der Waals surface area contributed by atoms with E-state index in [2.05, 4.69) is 10.1 Å². The molecule has 2 aromatic rings. The molecule has 0 unspecified atom stereocenters. The van der Waals surface area contributed by atoms with E-state index in [9.17, 15) is 8.42 Å². The van der Waals surface area contributed by atoms with Crippen LogP contribution in [0.25, 0.3) is 5.69 Å². The molecule has 1 heterocycles. The number of nitrogen functional groups attached to an aromatic ring is 1. The van der Waals surface area contributed by atoms with Gasteiger partial charge in [-0.1, -0.05) is 6.92 Å². The molecule has 0 aliphatic carbocycles. The van der Waals surface area contributed by atoms with Crippen molar-refractivity contribution in [1.82, 2.24) is 14.8 Å². The zero-order chi connectivity index (χ0) is 13.2. The molecular weight excluding hydrogens is 252 g/mol. The number of aromatic nitrogens is 3. The van der Waals surface area contributed by atoms with E-state index >= 15 is 0 Å². The Kier molecular flexibility index (Phi) is 3.33. The molecule has 1 aromatic carbocycles. The first kappa shape index (κ1) is 12.6. The van der Waals surface area contributed by atoms with E-state index in [1.54, 1.807) is 24.3 Å². The van der Waals surface area contributed by atoms with Crippen LogP contribution in [-0.2, 0) is 9.84 Å². The van der Waals surface area contributed by atoms with Crippen LogP contribution in [0.2, 0.25) is 0 Å². The smallest absolute Gasteiger partial charge is 0.239 e. The molecule has 0 saturated heterocycles. The van der Waals surface area contributed by atoms with Crippen LogP contribution in [0.3, 0.4) is 0 Å². The van der Waals surface area contributed by atoms with Gasteiger partial charge in [0.2, 0.25) is 5.95 Å². The number of benzene rings is 1. The average Bonchev–Trinajstić information content (AvgIpc) is 2.76. The molecule has 2 rings (SSSR count). The molecule has 96 valence electrons. The van der Waals surface area contributed by atoms with Crippen molar-refractivity contribution in [2.45, 2.75) is 18.2 Å². The summed E-state index contributed by atoms with van der Waals surface area (Å²) < 4.78 is 25.2. The maximum absolute atomic E-state index is 11.8. The van der Waals surface area contributed by atoms with Gasteiger partial charge in [-0.15, -0.1) is 5.10 Å². The van der Waals surface area contributed by atoms with Gasteiger partial charge in [-0.05, 0) is 30.7 Å². The van der Waals surface area contributed by atoms with Crippen LogP contribution in [0.4, 0.5) is 5.95 Å². The summed E-state index contributed by atoms with van der Waals surface area (Å²) in [5.74, 6) is 0.334. The number of hydrogen-bond donors (Lipinski definition) is 1. The first-order valence-electron chi connectivity index (χ1n) is 5.53. The number of nitrogens with zero attached hydrogens (tertiary/aromatic N) is 3. The Morgan fingerprint density at radius 2 is 1.94 bits per heavy atom. The molecule has 0 radical (unpaired) electrons. The van der Waals surface area contributed by atoms with Crippen molar-refractivity contribution in [2.24, 2.45) is 0 Å². The molecule has 0 aliphatic rings. The van der Waals surface area contributed by atoms with E-state index in [4.69, 9.17) is 5.73 Å². The fourth-order valence-electron chi connectivity index (χ4n) is 1.59. The maximum atomic E-state index is 11.8. The highest BCUT2D eigenvalue weighted by Crippen LogP contribution is 2.15. The Hall–Kier alpha value is -1.89. The zero-order valence-corrected chi connectivity index (χ0v) is 10.8. The topological polar surface area (TPSA) is 90.9 Å². The van der Waals surface area contributed by atoms with Crippen molar-refractivity contribution in [3.05, 3.63) is 30.6 Å². The molecule has 0 fully saturated rings. The van der Waals surface area contributed by atoms with E-state index < -0.39 is 9.84 Å². The average molecular weight is 266 g/mol. The fraction of sp³-hybridized carbons (Fsp3) is 0.273. The third kappa shape index (κ3) is 2.51. The second-order valence-electron chi connectivity index (χ2n) is 3.86. The lowest BCUT2D eigenvalue weighted by atomic mass is 10.3. The standard InChI is InChI=1S/C11H14N4O2S/c1-2-7-18(16,17)10-5-3-9(4-6-10)15-8-13-11(12)14-15/h3-6,8H,2,7H2,1H3,(H2,12,14). The van der Waals surface area contributed by atoms with Crippen LogP contribution < -0.4 is 5.73 Å². The van der Waals surface area contributed by atoms with Gasteiger partial charge in [0.05, 0.1) is 16.3 Å². The van der Waals surface area contributed by atoms with Crippen molar-refractivity contribution in [2.75, 3.05) is 11.5 Å². The summed E-state index contributed by atoms with van der Waals surface area (Å²) >= 11 is 0. The van der Waals surface area contributed by atoms with E-state index in [1.807, 2.05) is 6.92 Å². The van der Waals surface area contributed by atoms with Crippen molar-refractivity contribution in [3.63, 3.8) is 0 Å². The minimum absolute atomic E-state index is 0.155. The Bertz CT molecular complexity index is 631. The third-order valence-electron chi connectivity index (χ3n) is 2.44. The lowest BCUT2D eigenvalue weighted by Crippen LogP contribution is -2.06. The summed E-state index contributed by atoms with van der Waals surface area (Å²) in [6.45, 7) is 1.84. The molecule has 7 heteroatoms. The van der Waals surface area contributed by atoms with E-state index in [-0.39, 0.29) is 11.7 Å². The van der Waals surface area contributed by atoms with Gasteiger partial charge in [-0.25, -0.2) is 18.1 Å². The van der Waals surface area contributed by atoms with Crippen molar-refractivity contribution >= 4 is 15.8 Å². The van der Waals surface area contributed by atoms with Crippen LogP contribution in [0.1, 0.15) is 13.3 Å². The lowest BCUT2D eigenvalue weighted by Gasteiger charge is -2.04. The highest BCUT2D eigenvalue weighted by Gasteiger charge is 2.12. The number of anilines is 1. The molecular formula is C11H14N4O2S. The van der Waals surface area contributed by atoms with Gasteiger partial charge in [0, 0.05) is 0 Å². The predicted molar refractivity (Wildman–Crippen MR) is 68.1 cm³/mol. The quantitative estimate of drug-likeness (QED) is 0.892. The molecule has 0 aliphatic heterocycles. The van der Waals surface area contributed by atoms with E-state index in [1.165, 1.54) is 11.0 Å². The third-order valence-corrected chi connectivity index (χ3v) is 4.38. The highest BCUT2D eigenvalue weighted by atomic mass is 32.2. The van der Waals surface area contributed by atoms with Gasteiger partial charge >= 0.3 is 0 Å². The van der Waals surface area contributed by atoms with Gasteiger partial charge in [-0.3, -0.25) is 0 Å². The molecule has 0 amide bonds. The van der Waals surface area contributed by atoms with Crippen LogP contribution in [-0.4, -0.2) is 28.9 Å². The summed E-state index contributed by atoms with van der Waals surface area (Å²) in [5, 5.41) is 3.94. The monoisotopic (exact) mass is 266 g/mol. The van der Waals surface area contributed by atoms with Crippen molar-refractivity contribution in [1.29, 1.82) is 0 Å². The maximum Gasteiger partial charge on any atom is 0.239 e. The van der Waals surface area contributed by atoms with Crippen LogP contribution in [0.5, 0.6) is 0 Å². The molecule has 6 nitrogen and oxygen atoms in total. The molecule has 0 atom stereocenters. The molecule has 0 spiro atoms. The number of hydrogen-bond acceptors (Lipinski definition) is 5. The van der Waals surface area contributed by atoms with Gasteiger partial charge in [0.15, 0.2) is 9.84 Å². The Morgan fingerprint density at radius 3 is 2.44 bits per heavy atom. The Morgan fingerprint density at radius 1 is 1.28 bits per heavy atom. The fourth-order valence-corrected chi connectivity index (χ4v) is 2.92. The summed E-state index contributed by atoms with van der Waals surface area (Å²) in [6.07, 6.45) is 2.08. The Labute approximate surface area is 105 Å². The highest BCUT2D eigenvalue weighted by molar-refractivity contribution is 7.91. The minimum Gasteiger partial charge on any atom is -0.366 e. The normalized spacial score (nSPS) is 11.6. The van der Waals surface area contributed by atoms with Crippen LogP contribution >= 0.6 is 0 Å². The van der Waals surface area contributed by atoms with Crippen molar-refractivity contribution in [3.8, 4) is 5.69 Å². The number of rotatable bonds is 4. The predicted octanol–water partition coefficient (Wildman–Crippen LogP) is 1.03. The first-order chi connectivity index (χ1) is 8.53. The van der Waals surface area contributed by atoms with Crippen LogP contribution in [0, 0.1) is 0 Å². The van der Waals surface area contributed by atoms with Crippen molar-refractivity contribution < 1.29 is 8.42 Å². The summed E-state index contributed by atoms with van der Waals surface area (Å²) in [5.41, 5.74) is 6.13. The minimum atomic E-state index is -3.17. The molecule has 18 heavy (non-hydrogen) atoms. The SMILES string of the molecule is CCCS(=O)(=O)c1ccc(-n2cnc(N)n2)cc1. The molecule has 0 saturated carbocycles. The van der Waals surface area contributed by atoms with Crippen LogP contribution in [0.15, 0.2) is 35.5 Å². The zero-order valence-electron chi connectivity index (χ0n) is 9.94. The molecule has 1 aromatic heterocycles. The molecule has 2 N–H and O–H groups in total. The van der Waals surface area contributed by atoms with Gasteiger partial charge < -0.3 is 5.73 Å². The first-order valence-corrected chi connectivity index (χ1v) is 7.18. The second kappa shape index (κ2) is 4.77. The van der Waals surface area contributed by atoms with E-state index in [0.717, 1.165) is 5.69 Å². The summed E-state index contributed by atoms with van der Waals surface area (Å²) in [4.78, 5) is 4.13. The molecule has 0 bridgehead atoms. The lowest BCUT2D eigenvalue weighted by molar-refractivity contribution is 0.594. The number of nitrogens with two attached hydrogens (primary N) is 1. The van der Waals surface area contributed by atoms with Gasteiger partial charge in [0.25, 0.3) is 0 Å². The van der Waals surface area contributed by atoms with Gasteiger partial charge in [-0.2, -0.15) is 0 Å². The summed E-state index contributed by atoms with van der Waals surface area (Å²) in [6, 6.07) is 6.49. The second-order valence-corrected chi connectivity index (χ2v) is 5.97. The van der Waals surface area contributed by atoms with Gasteiger partial charge in [0.1, 0.15) is 6.33 Å².